The van der Waals surface area contributed by atoms with Gasteiger partial charge in [-0.05, 0) is 60.7 Å². The minimum atomic E-state index is -0.585. The minimum Gasteiger partial charge on any atom is -0.493 e. The topological polar surface area (TPSA) is 135 Å². The molecule has 1 N–H and O–H groups in total. The van der Waals surface area contributed by atoms with Crippen LogP contribution in [0, 0.1) is 30.0 Å². The van der Waals surface area contributed by atoms with Gasteiger partial charge in [0.05, 0.1) is 32.4 Å². The van der Waals surface area contributed by atoms with Gasteiger partial charge in [-0.2, -0.15) is 10.2 Å². The Balaban J connectivity index is 1.18. The second-order valence-electron chi connectivity index (χ2n) is 12.6. The Morgan fingerprint density at radius 2 is 1.80 bits per heavy atom. The molecule has 8 rings (SSSR count). The zero-order valence-electron chi connectivity index (χ0n) is 27.5. The van der Waals surface area contributed by atoms with Crippen molar-refractivity contribution in [2.45, 2.75) is 41.8 Å². The number of fused-ring (bicyclic) bond motifs is 4. The highest BCUT2D eigenvalue weighted by atomic mass is 32.2. The van der Waals surface area contributed by atoms with Gasteiger partial charge in [0.15, 0.2) is 34.2 Å². The summed E-state index contributed by atoms with van der Waals surface area (Å²) in [5.41, 5.74) is 3.55. The number of terminal acetylenes is 1. The number of oxazole rings is 1. The maximum Gasteiger partial charge on any atom is 0.310 e. The van der Waals surface area contributed by atoms with E-state index in [0.29, 0.717) is 57.3 Å². The number of halogens is 1. The molecule has 0 radical (unpaired) electrons. The Kier molecular flexibility index (Phi) is 8.10. The lowest BCUT2D eigenvalue weighted by molar-refractivity contribution is -0.141. The molecular weight excluding hydrogens is 667 g/mol. The van der Waals surface area contributed by atoms with Crippen molar-refractivity contribution >= 4 is 34.5 Å². The SMILES string of the molecule is C#CCOc1c(OC)cc([C@@H]2c3cc4c(cc3[C@@H](Sc3nc5cc(F)cc(NCCCC6(C)N=N6)c5o3)[C@H]3COC(=O)[C@H]23)OCO4)cc1OC. The molecule has 4 aliphatic rings. The third kappa shape index (κ3) is 5.69. The molecule has 1 aromatic heterocycles. The maximum atomic E-state index is 14.7. The number of esters is 1. The van der Waals surface area contributed by atoms with Crippen LogP contribution in [0.3, 0.4) is 0 Å². The Morgan fingerprint density at radius 3 is 2.50 bits per heavy atom. The zero-order chi connectivity index (χ0) is 34.6. The fourth-order valence-electron chi connectivity index (χ4n) is 7.10. The van der Waals surface area contributed by atoms with Crippen molar-refractivity contribution in [1.29, 1.82) is 0 Å². The molecule has 4 heterocycles. The summed E-state index contributed by atoms with van der Waals surface area (Å²) in [5.74, 6) is 2.71. The highest BCUT2D eigenvalue weighted by molar-refractivity contribution is 7.99. The first kappa shape index (κ1) is 32.1. The number of methoxy groups -OCH3 is 2. The zero-order valence-corrected chi connectivity index (χ0v) is 28.3. The third-order valence-corrected chi connectivity index (χ3v) is 10.7. The van der Waals surface area contributed by atoms with Crippen molar-refractivity contribution in [3.8, 4) is 41.1 Å². The number of thioether (sulfide) groups is 1. The Labute approximate surface area is 291 Å². The van der Waals surface area contributed by atoms with Crippen LogP contribution in [0.25, 0.3) is 11.1 Å². The monoisotopic (exact) mass is 700 g/mol. The summed E-state index contributed by atoms with van der Waals surface area (Å²) < 4.78 is 55.6. The number of rotatable bonds is 12. The van der Waals surface area contributed by atoms with Crippen molar-refractivity contribution in [3.63, 3.8) is 0 Å². The van der Waals surface area contributed by atoms with Gasteiger partial charge in [0, 0.05) is 35.8 Å². The molecule has 50 heavy (non-hydrogen) atoms. The molecule has 0 bridgehead atoms. The van der Waals surface area contributed by atoms with E-state index in [1.54, 1.807) is 0 Å². The summed E-state index contributed by atoms with van der Waals surface area (Å²) in [4.78, 5) is 18.4. The molecule has 3 aromatic carbocycles. The van der Waals surface area contributed by atoms with E-state index in [9.17, 15) is 9.18 Å². The summed E-state index contributed by atoms with van der Waals surface area (Å²) in [5, 5.41) is 11.4. The summed E-state index contributed by atoms with van der Waals surface area (Å²) >= 11 is 1.37. The van der Waals surface area contributed by atoms with Crippen molar-refractivity contribution in [1.82, 2.24) is 4.98 Å². The fourth-order valence-corrected chi connectivity index (χ4v) is 8.35. The number of nitrogens with one attached hydrogen (secondary N) is 1. The van der Waals surface area contributed by atoms with E-state index in [4.69, 9.17) is 39.3 Å². The number of hydrogen-bond acceptors (Lipinski definition) is 13. The van der Waals surface area contributed by atoms with Gasteiger partial charge in [-0.1, -0.05) is 17.7 Å². The van der Waals surface area contributed by atoms with Gasteiger partial charge in [0.25, 0.3) is 5.22 Å². The van der Waals surface area contributed by atoms with Crippen molar-refractivity contribution in [2.24, 2.45) is 22.1 Å². The number of carbonyl (C=O) groups is 1. The lowest BCUT2D eigenvalue weighted by Gasteiger charge is -2.38. The van der Waals surface area contributed by atoms with Gasteiger partial charge in [-0.3, -0.25) is 4.79 Å². The van der Waals surface area contributed by atoms with Gasteiger partial charge < -0.3 is 38.2 Å². The molecule has 12 nitrogen and oxygen atoms in total. The number of benzene rings is 3. The van der Waals surface area contributed by atoms with E-state index in [2.05, 4.69) is 26.4 Å². The van der Waals surface area contributed by atoms with Crippen LogP contribution in [0.2, 0.25) is 0 Å². The molecule has 0 unspecified atom stereocenters. The summed E-state index contributed by atoms with van der Waals surface area (Å²) in [6.45, 7) is 2.84. The van der Waals surface area contributed by atoms with Gasteiger partial charge in [0.1, 0.15) is 17.9 Å². The molecule has 258 valence electrons. The Hall–Kier alpha value is -5.16. The van der Waals surface area contributed by atoms with E-state index in [1.807, 2.05) is 31.2 Å². The van der Waals surface area contributed by atoms with Crippen LogP contribution < -0.4 is 29.0 Å². The molecule has 0 saturated carbocycles. The van der Waals surface area contributed by atoms with E-state index in [1.165, 1.54) is 38.1 Å². The average Bonchev–Trinajstić information content (AvgIpc) is 3.41. The predicted molar refractivity (Wildman–Crippen MR) is 180 cm³/mol. The molecule has 1 saturated heterocycles. The van der Waals surface area contributed by atoms with Crippen LogP contribution in [-0.4, -0.2) is 57.4 Å². The molecule has 1 fully saturated rings. The van der Waals surface area contributed by atoms with Gasteiger partial charge >= 0.3 is 5.97 Å². The number of ether oxygens (including phenoxy) is 6. The second kappa shape index (κ2) is 12.6. The smallest absolute Gasteiger partial charge is 0.310 e. The van der Waals surface area contributed by atoms with Crippen LogP contribution in [0.15, 0.2) is 56.3 Å². The summed E-state index contributed by atoms with van der Waals surface area (Å²) in [6, 6.07) is 10.3. The summed E-state index contributed by atoms with van der Waals surface area (Å²) in [7, 11) is 3.06. The van der Waals surface area contributed by atoms with Crippen LogP contribution in [0.1, 0.15) is 47.6 Å². The van der Waals surface area contributed by atoms with Gasteiger partial charge in [0.2, 0.25) is 12.5 Å². The maximum absolute atomic E-state index is 14.7. The Bertz CT molecular complexity index is 2050. The molecule has 4 aromatic rings. The first-order chi connectivity index (χ1) is 24.3. The largest absolute Gasteiger partial charge is 0.493 e. The average molecular weight is 701 g/mol. The van der Waals surface area contributed by atoms with E-state index in [-0.39, 0.29) is 42.8 Å². The molecule has 0 amide bonds. The molecule has 0 spiro atoms. The second-order valence-corrected chi connectivity index (χ2v) is 13.7. The molecular formula is C36H33FN4O8S. The number of nitrogens with zero attached hydrogens (tertiary/aromatic N) is 3. The van der Waals surface area contributed by atoms with Gasteiger partial charge in [-0.25, -0.2) is 9.37 Å². The molecule has 14 heteroatoms. The number of aromatic nitrogens is 1. The quantitative estimate of drug-likeness (QED) is 0.0943. The van der Waals surface area contributed by atoms with Crippen molar-refractivity contribution in [3.05, 3.63) is 58.9 Å². The van der Waals surface area contributed by atoms with Gasteiger partial charge in [-0.15, -0.1) is 6.42 Å². The van der Waals surface area contributed by atoms with Crippen LogP contribution >= 0.6 is 11.8 Å². The van der Waals surface area contributed by atoms with E-state index >= 15 is 0 Å². The number of cyclic esters (lactones) is 1. The van der Waals surface area contributed by atoms with Crippen LogP contribution in [-0.2, 0) is 9.53 Å². The third-order valence-electron chi connectivity index (χ3n) is 9.51. The minimum absolute atomic E-state index is 0.0182. The first-order valence-electron chi connectivity index (χ1n) is 16.2. The van der Waals surface area contributed by atoms with E-state index < -0.39 is 17.7 Å². The lowest BCUT2D eigenvalue weighted by atomic mass is 9.67. The summed E-state index contributed by atoms with van der Waals surface area (Å²) in [6.07, 6.45) is 7.04. The number of hydrogen-bond donors (Lipinski definition) is 1. The highest BCUT2D eigenvalue weighted by Crippen LogP contribution is 2.60. The van der Waals surface area contributed by atoms with E-state index in [0.717, 1.165) is 29.5 Å². The van der Waals surface area contributed by atoms with Crippen molar-refractivity contribution < 1.29 is 42.0 Å². The van der Waals surface area contributed by atoms with Crippen molar-refractivity contribution in [2.75, 3.05) is 46.1 Å². The Morgan fingerprint density at radius 1 is 1.06 bits per heavy atom. The lowest BCUT2D eigenvalue weighted by Crippen LogP contribution is -2.33. The highest BCUT2D eigenvalue weighted by Gasteiger charge is 2.53. The number of carbonyl (C=O) groups excluding carboxylic acids is 1. The van der Waals surface area contributed by atoms with Crippen LogP contribution in [0.4, 0.5) is 10.1 Å². The molecule has 3 aliphatic heterocycles. The standard InChI is InChI=1S/C36H33FN4O8S/c1-5-9-45-32-27(43-3)10-18(11-28(32)44-4)29-20-14-25-26(48-17-47-25)15-21(20)33(22-16-46-34(42)30(22)29)50-35-39-24-13-19(37)12-23(31(24)49-35)38-8-6-7-36(2)40-41-36/h1,10-15,22,29-30,33,38H,6-9,16-17H2,2-4H3/t22-,29+,30-,33+/m0/s1. The fraction of sp³-hybridized carbons (Fsp3) is 0.389. The molecule has 1 aliphatic carbocycles. The molecule has 4 atom stereocenters. The first-order valence-corrected chi connectivity index (χ1v) is 17.0. The number of anilines is 1. The predicted octanol–water partition coefficient (Wildman–Crippen LogP) is 6.87. The van der Waals surface area contributed by atoms with Crippen LogP contribution in [0.5, 0.6) is 28.7 Å². The normalized spacial score (nSPS) is 22.0.